The van der Waals surface area contributed by atoms with Crippen LogP contribution in [0, 0.1) is 0 Å². The van der Waals surface area contributed by atoms with Crippen LogP contribution in [0.25, 0.3) is 0 Å². The Hall–Kier alpha value is -2.30. The second-order valence-corrected chi connectivity index (χ2v) is 3.44. The summed E-state index contributed by atoms with van der Waals surface area (Å²) in [5, 5.41) is 2.60. The molecule has 1 amide bonds. The van der Waals surface area contributed by atoms with E-state index in [-0.39, 0.29) is 11.5 Å². The SMILES string of the molecule is C=C(C)C(=O)OOc1ccc(NC(C)=O)cc1. The zero-order valence-corrected chi connectivity index (χ0v) is 9.65. The van der Waals surface area contributed by atoms with Gasteiger partial charge in [-0.2, -0.15) is 0 Å². The number of hydrogen-bond acceptors (Lipinski definition) is 4. The smallest absolute Gasteiger partial charge is 0.326 e. The lowest BCUT2D eigenvalue weighted by atomic mass is 10.3. The molecular formula is C12H13NO4. The molecular weight excluding hydrogens is 222 g/mol. The van der Waals surface area contributed by atoms with E-state index in [1.165, 1.54) is 13.8 Å². The van der Waals surface area contributed by atoms with E-state index >= 15 is 0 Å². The second kappa shape index (κ2) is 5.69. The fraction of sp³-hybridized carbons (Fsp3) is 0.167. The number of carbonyl (C=O) groups is 2. The normalized spacial score (nSPS) is 9.29. The van der Waals surface area contributed by atoms with Gasteiger partial charge in [-0.15, -0.1) is 0 Å². The molecule has 90 valence electrons. The number of anilines is 1. The van der Waals surface area contributed by atoms with Crippen molar-refractivity contribution in [1.82, 2.24) is 0 Å². The number of benzene rings is 1. The van der Waals surface area contributed by atoms with Crippen LogP contribution in [-0.2, 0) is 14.5 Å². The van der Waals surface area contributed by atoms with Gasteiger partial charge in [0.1, 0.15) is 0 Å². The molecule has 17 heavy (non-hydrogen) atoms. The summed E-state index contributed by atoms with van der Waals surface area (Å²) in [6.07, 6.45) is 0. The Morgan fingerprint density at radius 1 is 1.18 bits per heavy atom. The van der Waals surface area contributed by atoms with Crippen LogP contribution in [0.1, 0.15) is 13.8 Å². The number of amides is 1. The second-order valence-electron chi connectivity index (χ2n) is 3.44. The van der Waals surface area contributed by atoms with E-state index in [4.69, 9.17) is 4.89 Å². The van der Waals surface area contributed by atoms with Gasteiger partial charge in [0.15, 0.2) is 5.75 Å². The van der Waals surface area contributed by atoms with E-state index in [9.17, 15) is 9.59 Å². The molecule has 1 N–H and O–H groups in total. The molecule has 0 aliphatic carbocycles. The standard InChI is InChI=1S/C12H13NO4/c1-8(2)12(15)17-16-11-6-4-10(5-7-11)13-9(3)14/h4-7H,1H2,2-3H3,(H,13,14). The van der Waals surface area contributed by atoms with Crippen LogP contribution in [0.4, 0.5) is 5.69 Å². The Morgan fingerprint density at radius 3 is 2.24 bits per heavy atom. The molecule has 0 spiro atoms. The molecule has 0 atom stereocenters. The van der Waals surface area contributed by atoms with E-state index in [1.54, 1.807) is 24.3 Å². The van der Waals surface area contributed by atoms with Crippen LogP contribution in [-0.4, -0.2) is 11.9 Å². The van der Waals surface area contributed by atoms with Crippen molar-refractivity contribution in [2.75, 3.05) is 5.32 Å². The molecule has 0 aromatic heterocycles. The minimum atomic E-state index is -0.629. The van der Waals surface area contributed by atoms with Crippen molar-refractivity contribution in [2.24, 2.45) is 0 Å². The van der Waals surface area contributed by atoms with E-state index in [0.717, 1.165) is 0 Å². The van der Waals surface area contributed by atoms with Crippen molar-refractivity contribution >= 4 is 17.6 Å². The summed E-state index contributed by atoms with van der Waals surface area (Å²) in [6, 6.07) is 6.39. The van der Waals surface area contributed by atoms with Gasteiger partial charge in [-0.05, 0) is 31.2 Å². The lowest BCUT2D eigenvalue weighted by Crippen LogP contribution is -2.08. The summed E-state index contributed by atoms with van der Waals surface area (Å²) in [5.41, 5.74) is 0.885. The third-order valence-corrected chi connectivity index (χ3v) is 1.74. The molecule has 0 aliphatic rings. The van der Waals surface area contributed by atoms with E-state index in [1.807, 2.05) is 0 Å². The van der Waals surface area contributed by atoms with Gasteiger partial charge in [-0.3, -0.25) is 9.68 Å². The van der Waals surface area contributed by atoms with Crippen LogP contribution in [0.15, 0.2) is 36.4 Å². The van der Waals surface area contributed by atoms with Crippen molar-refractivity contribution in [1.29, 1.82) is 0 Å². The molecule has 1 rings (SSSR count). The van der Waals surface area contributed by atoms with Gasteiger partial charge in [0, 0.05) is 18.2 Å². The maximum Gasteiger partial charge on any atom is 0.381 e. The molecule has 0 fully saturated rings. The zero-order valence-electron chi connectivity index (χ0n) is 9.65. The van der Waals surface area contributed by atoms with Crippen LogP contribution in [0.3, 0.4) is 0 Å². The first-order chi connectivity index (χ1) is 7.99. The first-order valence-corrected chi connectivity index (χ1v) is 4.91. The largest absolute Gasteiger partial charge is 0.381 e. The lowest BCUT2D eigenvalue weighted by Gasteiger charge is -2.05. The predicted octanol–water partition coefficient (Wildman–Crippen LogP) is 2.06. The van der Waals surface area contributed by atoms with Gasteiger partial charge < -0.3 is 5.32 Å². The highest BCUT2D eigenvalue weighted by Crippen LogP contribution is 2.16. The minimum absolute atomic E-state index is 0.160. The maximum atomic E-state index is 11.0. The average Bonchev–Trinajstić information content (AvgIpc) is 2.26. The molecule has 0 unspecified atom stereocenters. The van der Waals surface area contributed by atoms with Crippen LogP contribution >= 0.6 is 0 Å². The molecule has 0 bridgehead atoms. The first kappa shape index (κ1) is 12.8. The van der Waals surface area contributed by atoms with Gasteiger partial charge in [0.25, 0.3) is 0 Å². The molecule has 1 aromatic rings. The van der Waals surface area contributed by atoms with Crippen LogP contribution < -0.4 is 10.2 Å². The number of rotatable bonds is 4. The quantitative estimate of drug-likeness (QED) is 0.493. The summed E-state index contributed by atoms with van der Waals surface area (Å²) >= 11 is 0. The van der Waals surface area contributed by atoms with Crippen molar-refractivity contribution < 1.29 is 19.4 Å². The maximum absolute atomic E-state index is 11.0. The van der Waals surface area contributed by atoms with Gasteiger partial charge >= 0.3 is 5.97 Å². The van der Waals surface area contributed by atoms with Crippen molar-refractivity contribution in [2.45, 2.75) is 13.8 Å². The Kier molecular flexibility index (Phi) is 4.28. The average molecular weight is 235 g/mol. The Labute approximate surface area is 99.0 Å². The molecule has 0 heterocycles. The van der Waals surface area contributed by atoms with E-state index in [2.05, 4.69) is 16.8 Å². The number of hydrogen-bond donors (Lipinski definition) is 1. The summed E-state index contributed by atoms with van der Waals surface area (Å²) in [7, 11) is 0. The Morgan fingerprint density at radius 2 is 1.76 bits per heavy atom. The zero-order chi connectivity index (χ0) is 12.8. The number of nitrogens with one attached hydrogen (secondary N) is 1. The summed E-state index contributed by atoms with van der Waals surface area (Å²) < 4.78 is 0. The van der Waals surface area contributed by atoms with Gasteiger partial charge in [-0.1, -0.05) is 6.58 Å². The van der Waals surface area contributed by atoms with Gasteiger partial charge in [0.2, 0.25) is 5.91 Å². The van der Waals surface area contributed by atoms with Gasteiger partial charge in [-0.25, -0.2) is 9.68 Å². The van der Waals surface area contributed by atoms with Crippen LogP contribution in [0.2, 0.25) is 0 Å². The first-order valence-electron chi connectivity index (χ1n) is 4.91. The van der Waals surface area contributed by atoms with Gasteiger partial charge in [0.05, 0.1) is 0 Å². The fourth-order valence-electron chi connectivity index (χ4n) is 0.954. The highest BCUT2D eigenvalue weighted by atomic mass is 17.2. The molecule has 5 heteroatoms. The minimum Gasteiger partial charge on any atom is -0.326 e. The Balaban J connectivity index is 2.54. The Bertz CT molecular complexity index is 436. The van der Waals surface area contributed by atoms with Crippen LogP contribution in [0.5, 0.6) is 5.75 Å². The molecule has 0 radical (unpaired) electrons. The molecule has 1 aromatic carbocycles. The van der Waals surface area contributed by atoms with Crippen molar-refractivity contribution in [3.05, 3.63) is 36.4 Å². The fourth-order valence-corrected chi connectivity index (χ4v) is 0.954. The predicted molar refractivity (Wildman–Crippen MR) is 62.3 cm³/mol. The highest BCUT2D eigenvalue weighted by Gasteiger charge is 2.05. The van der Waals surface area contributed by atoms with E-state index < -0.39 is 5.97 Å². The monoisotopic (exact) mass is 235 g/mol. The highest BCUT2D eigenvalue weighted by molar-refractivity contribution is 5.88. The molecule has 5 nitrogen and oxygen atoms in total. The third kappa shape index (κ3) is 4.38. The van der Waals surface area contributed by atoms with E-state index in [0.29, 0.717) is 11.4 Å². The molecule has 0 aliphatic heterocycles. The third-order valence-electron chi connectivity index (χ3n) is 1.74. The lowest BCUT2D eigenvalue weighted by molar-refractivity contribution is -0.208. The summed E-state index contributed by atoms with van der Waals surface area (Å²) in [4.78, 5) is 31.0. The summed E-state index contributed by atoms with van der Waals surface area (Å²) in [6.45, 7) is 6.35. The molecule has 0 saturated heterocycles. The topological polar surface area (TPSA) is 64.6 Å². The van der Waals surface area contributed by atoms with Crippen molar-refractivity contribution in [3.8, 4) is 5.75 Å². The molecule has 0 saturated carbocycles. The van der Waals surface area contributed by atoms with Crippen molar-refractivity contribution in [3.63, 3.8) is 0 Å². The number of carbonyl (C=O) groups excluding carboxylic acids is 2. The summed E-state index contributed by atoms with van der Waals surface area (Å²) in [5.74, 6) is -0.433.